The molecule has 0 spiro atoms. The molecule has 0 aromatic carbocycles. The van der Waals surface area contributed by atoms with E-state index in [1.54, 1.807) is 6.08 Å². The van der Waals surface area contributed by atoms with Crippen molar-refractivity contribution in [1.82, 2.24) is 0 Å². The number of hydrogen-bond acceptors (Lipinski definition) is 5. The third-order valence-corrected chi connectivity index (χ3v) is 1.07. The van der Waals surface area contributed by atoms with Crippen molar-refractivity contribution in [2.24, 2.45) is 17.5 Å². The second-order valence-corrected chi connectivity index (χ2v) is 1.86. The van der Waals surface area contributed by atoms with E-state index in [0.717, 1.165) is 0 Å². The van der Waals surface area contributed by atoms with E-state index >= 15 is 0 Å². The smallest absolute Gasteiger partial charge is 0.150 e. The zero-order valence-electron chi connectivity index (χ0n) is 6.69. The summed E-state index contributed by atoms with van der Waals surface area (Å²) < 4.78 is 0. The van der Waals surface area contributed by atoms with Crippen LogP contribution >= 0.6 is 0 Å². The Kier molecular flexibility index (Phi) is 5.72. The molecule has 0 unspecified atom stereocenters. The Balaban J connectivity index is 4.42. The van der Waals surface area contributed by atoms with Crippen LogP contribution in [0.25, 0.3) is 0 Å². The standard InChI is InChI=1S/C7H13N3O2/c1-2-3-6(11-9)4-7(5-8)12-10/h2-4H,1,5,8-10H2/b6-3+,7-4+. The van der Waals surface area contributed by atoms with Gasteiger partial charge in [0.1, 0.15) is 11.5 Å². The van der Waals surface area contributed by atoms with Gasteiger partial charge in [-0.25, -0.2) is 0 Å². The maximum Gasteiger partial charge on any atom is 0.150 e. The van der Waals surface area contributed by atoms with Gasteiger partial charge in [0.2, 0.25) is 0 Å². The number of nitrogens with two attached hydrogens (primary N) is 3. The zero-order chi connectivity index (χ0) is 9.40. The van der Waals surface area contributed by atoms with E-state index in [2.05, 4.69) is 16.3 Å². The first-order chi connectivity index (χ1) is 5.78. The SMILES string of the molecule is C=C/C=C(\C=C(/CN)ON)ON. The largest absolute Gasteiger partial charge is 0.414 e. The van der Waals surface area contributed by atoms with Gasteiger partial charge in [0.05, 0.1) is 6.54 Å². The average molecular weight is 171 g/mol. The third kappa shape index (κ3) is 3.77. The van der Waals surface area contributed by atoms with Gasteiger partial charge >= 0.3 is 0 Å². The van der Waals surface area contributed by atoms with Gasteiger partial charge < -0.3 is 15.4 Å². The molecule has 0 aliphatic rings. The molecule has 0 saturated carbocycles. The lowest BCUT2D eigenvalue weighted by molar-refractivity contribution is 0.204. The van der Waals surface area contributed by atoms with Crippen molar-refractivity contribution in [3.8, 4) is 0 Å². The summed E-state index contributed by atoms with van der Waals surface area (Å²) in [5, 5.41) is 0. The average Bonchev–Trinajstić information content (AvgIpc) is 2.12. The maximum atomic E-state index is 5.26. The molecule has 0 aliphatic heterocycles. The van der Waals surface area contributed by atoms with Gasteiger partial charge in [0.15, 0.2) is 0 Å². The Morgan fingerprint density at radius 3 is 2.33 bits per heavy atom. The molecule has 0 heterocycles. The van der Waals surface area contributed by atoms with Crippen molar-refractivity contribution in [2.45, 2.75) is 0 Å². The predicted molar refractivity (Wildman–Crippen MR) is 46.0 cm³/mol. The monoisotopic (exact) mass is 171 g/mol. The molecule has 5 heteroatoms. The van der Waals surface area contributed by atoms with Crippen molar-refractivity contribution in [3.63, 3.8) is 0 Å². The topological polar surface area (TPSA) is 96.5 Å². The molecule has 68 valence electrons. The van der Waals surface area contributed by atoms with Gasteiger partial charge in [-0.1, -0.05) is 12.7 Å². The van der Waals surface area contributed by atoms with Gasteiger partial charge in [0.25, 0.3) is 0 Å². The molecular weight excluding hydrogens is 158 g/mol. The van der Waals surface area contributed by atoms with Crippen molar-refractivity contribution < 1.29 is 9.68 Å². The summed E-state index contributed by atoms with van der Waals surface area (Å²) in [6.07, 6.45) is 4.54. The highest BCUT2D eigenvalue weighted by molar-refractivity contribution is 5.19. The zero-order valence-corrected chi connectivity index (χ0v) is 6.69. The van der Waals surface area contributed by atoms with E-state index in [1.165, 1.54) is 12.2 Å². The highest BCUT2D eigenvalue weighted by atomic mass is 16.6. The second kappa shape index (κ2) is 6.41. The quantitative estimate of drug-likeness (QED) is 0.299. The number of hydrogen-bond donors (Lipinski definition) is 3. The number of allylic oxidation sites excluding steroid dienone is 3. The van der Waals surface area contributed by atoms with Crippen LogP contribution in [0.1, 0.15) is 0 Å². The van der Waals surface area contributed by atoms with Gasteiger partial charge in [-0.3, -0.25) is 0 Å². The molecule has 0 rings (SSSR count). The molecule has 5 nitrogen and oxygen atoms in total. The van der Waals surface area contributed by atoms with Gasteiger partial charge in [-0.05, 0) is 6.08 Å². The second-order valence-electron chi connectivity index (χ2n) is 1.86. The fourth-order valence-electron chi connectivity index (χ4n) is 0.537. The van der Waals surface area contributed by atoms with Crippen LogP contribution in [0.3, 0.4) is 0 Å². The van der Waals surface area contributed by atoms with Crippen LogP contribution in [-0.4, -0.2) is 6.54 Å². The molecule has 0 saturated heterocycles. The Bertz CT molecular complexity index is 193. The van der Waals surface area contributed by atoms with Crippen molar-refractivity contribution in [3.05, 3.63) is 36.3 Å². The maximum absolute atomic E-state index is 5.26. The minimum atomic E-state index is 0.175. The highest BCUT2D eigenvalue weighted by Gasteiger charge is 1.96. The summed E-state index contributed by atoms with van der Waals surface area (Å²) >= 11 is 0. The van der Waals surface area contributed by atoms with Crippen LogP contribution < -0.4 is 17.5 Å². The third-order valence-electron chi connectivity index (χ3n) is 1.07. The van der Waals surface area contributed by atoms with E-state index in [9.17, 15) is 0 Å². The van der Waals surface area contributed by atoms with Crippen molar-refractivity contribution in [1.29, 1.82) is 0 Å². The van der Waals surface area contributed by atoms with Gasteiger partial charge in [-0.2, -0.15) is 11.8 Å². The lowest BCUT2D eigenvalue weighted by Gasteiger charge is -2.02. The molecule has 0 aromatic rings. The summed E-state index contributed by atoms with van der Waals surface area (Å²) in [6.45, 7) is 3.64. The lowest BCUT2D eigenvalue weighted by Crippen LogP contribution is -2.11. The summed E-state index contributed by atoms with van der Waals surface area (Å²) in [4.78, 5) is 8.85. The molecule has 0 bridgehead atoms. The molecule has 0 aromatic heterocycles. The van der Waals surface area contributed by atoms with E-state index in [-0.39, 0.29) is 6.54 Å². The van der Waals surface area contributed by atoms with E-state index in [4.69, 9.17) is 17.5 Å². The molecule has 12 heavy (non-hydrogen) atoms. The summed E-state index contributed by atoms with van der Waals surface area (Å²) in [7, 11) is 0. The van der Waals surface area contributed by atoms with E-state index < -0.39 is 0 Å². The van der Waals surface area contributed by atoms with Crippen molar-refractivity contribution in [2.75, 3.05) is 6.54 Å². The first-order valence-corrected chi connectivity index (χ1v) is 3.25. The predicted octanol–water partition coefficient (Wildman–Crippen LogP) is -0.320. The fourth-order valence-corrected chi connectivity index (χ4v) is 0.537. The molecule has 0 radical (unpaired) electrons. The van der Waals surface area contributed by atoms with Crippen LogP contribution in [0.2, 0.25) is 0 Å². The fraction of sp³-hybridized carbons (Fsp3) is 0.143. The van der Waals surface area contributed by atoms with Gasteiger partial charge in [0, 0.05) is 6.08 Å². The minimum Gasteiger partial charge on any atom is -0.414 e. The highest BCUT2D eigenvalue weighted by Crippen LogP contribution is 2.01. The Morgan fingerprint density at radius 2 is 2.00 bits per heavy atom. The van der Waals surface area contributed by atoms with E-state index in [1.807, 2.05) is 0 Å². The normalized spacial score (nSPS) is 12.6. The first kappa shape index (κ1) is 10.7. The molecule has 0 aliphatic carbocycles. The van der Waals surface area contributed by atoms with Gasteiger partial charge in [-0.15, -0.1) is 0 Å². The molecule has 6 N–H and O–H groups in total. The van der Waals surface area contributed by atoms with Crippen LogP contribution in [0.15, 0.2) is 36.3 Å². The van der Waals surface area contributed by atoms with Crippen LogP contribution in [0, 0.1) is 0 Å². The van der Waals surface area contributed by atoms with Crippen LogP contribution in [0.5, 0.6) is 0 Å². The molecule has 0 atom stereocenters. The van der Waals surface area contributed by atoms with Crippen LogP contribution in [0.4, 0.5) is 0 Å². The van der Waals surface area contributed by atoms with Crippen molar-refractivity contribution >= 4 is 0 Å². The Hall–Kier alpha value is -1.30. The minimum absolute atomic E-state index is 0.175. The summed E-state index contributed by atoms with van der Waals surface area (Å²) in [5.74, 6) is 10.5. The molecular formula is C7H13N3O2. The Morgan fingerprint density at radius 1 is 1.33 bits per heavy atom. The first-order valence-electron chi connectivity index (χ1n) is 3.25. The lowest BCUT2D eigenvalue weighted by atomic mass is 10.3. The molecule has 0 fully saturated rings. The molecule has 0 amide bonds. The number of rotatable bonds is 5. The van der Waals surface area contributed by atoms with E-state index in [0.29, 0.717) is 11.5 Å². The Labute approximate surface area is 71.0 Å². The van der Waals surface area contributed by atoms with Crippen LogP contribution in [-0.2, 0) is 9.68 Å². The summed E-state index contributed by atoms with van der Waals surface area (Å²) in [6, 6.07) is 0. The summed E-state index contributed by atoms with van der Waals surface area (Å²) in [5.41, 5.74) is 5.26.